The van der Waals surface area contributed by atoms with Gasteiger partial charge in [0.1, 0.15) is 11.5 Å². The van der Waals surface area contributed by atoms with Gasteiger partial charge in [-0.2, -0.15) is 5.10 Å². The molecule has 0 atom stereocenters. The molecule has 0 saturated heterocycles. The topological polar surface area (TPSA) is 90.1 Å². The first-order valence-corrected chi connectivity index (χ1v) is 6.88. The van der Waals surface area contributed by atoms with E-state index >= 15 is 0 Å². The number of carbonyl (C=O) groups is 2. The number of rotatable bonds is 5. The number of esters is 1. The van der Waals surface area contributed by atoms with Crippen molar-refractivity contribution in [2.45, 2.75) is 6.92 Å². The molecule has 0 unspecified atom stereocenters. The molecule has 0 fully saturated rings. The summed E-state index contributed by atoms with van der Waals surface area (Å²) in [6.45, 7) is 1.97. The summed E-state index contributed by atoms with van der Waals surface area (Å²) in [5, 5.41) is 3.71. The van der Waals surface area contributed by atoms with Gasteiger partial charge in [0.15, 0.2) is 0 Å². The highest BCUT2D eigenvalue weighted by Crippen LogP contribution is 2.22. The molecule has 7 heteroatoms. The molecule has 0 aliphatic carbocycles. The highest BCUT2D eigenvalue weighted by Gasteiger charge is 2.07. The number of nitrogens with zero attached hydrogens (tertiary/aromatic N) is 1. The molecule has 1 heterocycles. The minimum Gasteiger partial charge on any atom is -0.465 e. The predicted octanol–water partition coefficient (Wildman–Crippen LogP) is 2.81. The molecule has 7 nitrogen and oxygen atoms in total. The number of furan rings is 1. The van der Waals surface area contributed by atoms with Gasteiger partial charge in [0.2, 0.25) is 0 Å². The van der Waals surface area contributed by atoms with Crippen LogP contribution in [-0.2, 0) is 9.47 Å². The van der Waals surface area contributed by atoms with E-state index in [1.165, 1.54) is 13.3 Å². The van der Waals surface area contributed by atoms with E-state index in [1.54, 1.807) is 43.3 Å². The Morgan fingerprint density at radius 3 is 2.61 bits per heavy atom. The Bertz CT molecular complexity index is 704. The van der Waals surface area contributed by atoms with Crippen molar-refractivity contribution in [3.63, 3.8) is 0 Å². The molecule has 2 aromatic rings. The number of hydrogen-bond donors (Lipinski definition) is 1. The zero-order valence-corrected chi connectivity index (χ0v) is 12.7. The number of benzene rings is 1. The lowest BCUT2D eigenvalue weighted by molar-refractivity contribution is 0.0600. The van der Waals surface area contributed by atoms with Crippen molar-refractivity contribution in [1.29, 1.82) is 0 Å². The minimum absolute atomic E-state index is 0.272. The molecule has 1 aromatic heterocycles. The first kappa shape index (κ1) is 16.3. The molecule has 1 N–H and O–H groups in total. The van der Waals surface area contributed by atoms with Crippen LogP contribution in [0.5, 0.6) is 0 Å². The van der Waals surface area contributed by atoms with Crippen LogP contribution in [0, 0.1) is 0 Å². The van der Waals surface area contributed by atoms with E-state index in [0.29, 0.717) is 17.1 Å². The Morgan fingerprint density at radius 1 is 1.22 bits per heavy atom. The van der Waals surface area contributed by atoms with Crippen molar-refractivity contribution in [3.8, 4) is 11.3 Å². The van der Waals surface area contributed by atoms with Crippen molar-refractivity contribution in [2.75, 3.05) is 13.7 Å². The fourth-order valence-corrected chi connectivity index (χ4v) is 1.78. The van der Waals surface area contributed by atoms with Crippen molar-refractivity contribution < 1.29 is 23.5 Å². The monoisotopic (exact) mass is 316 g/mol. The van der Waals surface area contributed by atoms with E-state index in [2.05, 4.69) is 20.0 Å². The second-order valence-electron chi connectivity index (χ2n) is 4.36. The van der Waals surface area contributed by atoms with Crippen LogP contribution in [0.1, 0.15) is 23.0 Å². The molecular formula is C16H16N2O5. The lowest BCUT2D eigenvalue weighted by atomic mass is 10.1. The number of ether oxygens (including phenoxy) is 2. The van der Waals surface area contributed by atoms with Gasteiger partial charge in [0.05, 0.1) is 25.5 Å². The number of amides is 1. The summed E-state index contributed by atoms with van der Waals surface area (Å²) in [7, 11) is 1.33. The molecule has 0 aliphatic rings. The Labute approximate surface area is 132 Å². The fourth-order valence-electron chi connectivity index (χ4n) is 1.78. The molecule has 0 saturated carbocycles. The first-order chi connectivity index (χ1) is 11.1. The van der Waals surface area contributed by atoms with Crippen LogP contribution < -0.4 is 5.43 Å². The minimum atomic E-state index is -0.631. The number of hydrogen-bond acceptors (Lipinski definition) is 6. The van der Waals surface area contributed by atoms with Crippen molar-refractivity contribution >= 4 is 18.3 Å². The highest BCUT2D eigenvalue weighted by atomic mass is 16.5. The normalized spacial score (nSPS) is 10.5. The van der Waals surface area contributed by atoms with E-state index in [0.717, 1.165) is 5.56 Å². The Balaban J connectivity index is 2.03. The summed E-state index contributed by atoms with van der Waals surface area (Å²) in [6.07, 6.45) is 0.734. The lowest BCUT2D eigenvalue weighted by Gasteiger charge is -2.00. The molecule has 23 heavy (non-hydrogen) atoms. The standard InChI is InChI=1S/C16H16N2O5/c1-3-22-16(20)18-17-10-13-8-9-14(23-13)11-4-6-12(7-5-11)15(19)21-2/h4-10H,3H2,1-2H3,(H,18,20)/b17-10+. The largest absolute Gasteiger partial charge is 0.465 e. The highest BCUT2D eigenvalue weighted by molar-refractivity contribution is 5.89. The Morgan fingerprint density at radius 2 is 1.96 bits per heavy atom. The number of carbonyl (C=O) groups excluding carboxylic acids is 2. The molecule has 0 bridgehead atoms. The van der Waals surface area contributed by atoms with Gasteiger partial charge in [-0.05, 0) is 31.2 Å². The van der Waals surface area contributed by atoms with Gasteiger partial charge < -0.3 is 13.9 Å². The maximum absolute atomic E-state index is 11.4. The molecule has 0 spiro atoms. The molecule has 1 aromatic carbocycles. The zero-order chi connectivity index (χ0) is 16.7. The maximum Gasteiger partial charge on any atom is 0.427 e. The van der Waals surface area contributed by atoms with Crippen LogP contribution in [0.3, 0.4) is 0 Å². The maximum atomic E-state index is 11.4. The van der Waals surface area contributed by atoms with Crippen LogP contribution in [-0.4, -0.2) is 32.0 Å². The van der Waals surface area contributed by atoms with E-state index in [-0.39, 0.29) is 6.61 Å². The third-order valence-electron chi connectivity index (χ3n) is 2.84. The van der Waals surface area contributed by atoms with Crippen LogP contribution in [0.2, 0.25) is 0 Å². The lowest BCUT2D eigenvalue weighted by Crippen LogP contribution is -2.18. The number of nitrogens with one attached hydrogen (secondary N) is 1. The van der Waals surface area contributed by atoms with Crippen molar-refractivity contribution in [2.24, 2.45) is 5.10 Å². The van der Waals surface area contributed by atoms with E-state index < -0.39 is 12.1 Å². The molecule has 120 valence electrons. The van der Waals surface area contributed by atoms with E-state index in [9.17, 15) is 9.59 Å². The fraction of sp³-hybridized carbons (Fsp3) is 0.188. The summed E-state index contributed by atoms with van der Waals surface area (Å²) in [5.74, 6) is 0.682. The number of hydrazone groups is 1. The quantitative estimate of drug-likeness (QED) is 0.520. The van der Waals surface area contributed by atoms with Gasteiger partial charge in [-0.3, -0.25) is 0 Å². The van der Waals surface area contributed by atoms with Crippen molar-refractivity contribution in [3.05, 3.63) is 47.7 Å². The summed E-state index contributed by atoms with van der Waals surface area (Å²) in [6, 6.07) is 10.3. The van der Waals surface area contributed by atoms with Gasteiger partial charge in [0, 0.05) is 5.56 Å². The second kappa shape index (κ2) is 7.79. The molecule has 2 rings (SSSR count). The second-order valence-corrected chi connectivity index (χ2v) is 4.36. The van der Waals surface area contributed by atoms with Crippen LogP contribution in [0.15, 0.2) is 45.9 Å². The van der Waals surface area contributed by atoms with Gasteiger partial charge >= 0.3 is 12.1 Å². The molecule has 0 aliphatic heterocycles. The average molecular weight is 316 g/mol. The summed E-state index contributed by atoms with van der Waals surface area (Å²) in [5.41, 5.74) is 3.47. The van der Waals surface area contributed by atoms with Gasteiger partial charge in [-0.15, -0.1) is 0 Å². The summed E-state index contributed by atoms with van der Waals surface area (Å²) in [4.78, 5) is 22.4. The third kappa shape index (κ3) is 4.44. The Hall–Kier alpha value is -3.09. The van der Waals surface area contributed by atoms with Gasteiger partial charge in [0.25, 0.3) is 0 Å². The van der Waals surface area contributed by atoms with Crippen LogP contribution in [0.25, 0.3) is 11.3 Å². The van der Waals surface area contributed by atoms with E-state index in [4.69, 9.17) is 4.42 Å². The van der Waals surface area contributed by atoms with E-state index in [1.807, 2.05) is 0 Å². The smallest absolute Gasteiger partial charge is 0.427 e. The SMILES string of the molecule is CCOC(=O)N/N=C/c1ccc(-c2ccc(C(=O)OC)cc2)o1. The molecular weight excluding hydrogens is 300 g/mol. The van der Waals surface area contributed by atoms with Crippen LogP contribution in [0.4, 0.5) is 4.79 Å². The molecule has 1 amide bonds. The van der Waals surface area contributed by atoms with Gasteiger partial charge in [-0.1, -0.05) is 12.1 Å². The summed E-state index contributed by atoms with van der Waals surface area (Å²) >= 11 is 0. The Kier molecular flexibility index (Phi) is 5.51. The molecule has 0 radical (unpaired) electrons. The first-order valence-electron chi connectivity index (χ1n) is 6.88. The predicted molar refractivity (Wildman–Crippen MR) is 83.2 cm³/mol. The summed E-state index contributed by atoms with van der Waals surface area (Å²) < 4.78 is 14.9. The third-order valence-corrected chi connectivity index (χ3v) is 2.84. The zero-order valence-electron chi connectivity index (χ0n) is 12.7. The van der Waals surface area contributed by atoms with Gasteiger partial charge in [-0.25, -0.2) is 15.0 Å². The average Bonchev–Trinajstić information content (AvgIpc) is 3.03. The van der Waals surface area contributed by atoms with Crippen LogP contribution >= 0.6 is 0 Å². The van der Waals surface area contributed by atoms with Crippen molar-refractivity contribution in [1.82, 2.24) is 5.43 Å². The number of methoxy groups -OCH3 is 1.